The standard InChI is InChI=1S/C19H16N4O3/c1-12-20-9-10-23(12)17-15(7-4-8-21-17)22-18(24)16-11-13-5-2-3-6-14(13)19(25)26-16/h2-10,16H,11H2,1H3,(H,22,24)/t16-/m0/s1. The van der Waals surface area contributed by atoms with Crippen LogP contribution >= 0.6 is 0 Å². The van der Waals surface area contributed by atoms with Gasteiger partial charge in [-0.25, -0.2) is 14.8 Å². The van der Waals surface area contributed by atoms with Crippen LogP contribution in [0.15, 0.2) is 55.0 Å². The van der Waals surface area contributed by atoms with Crippen molar-refractivity contribution in [3.63, 3.8) is 0 Å². The van der Waals surface area contributed by atoms with Crippen molar-refractivity contribution in [2.45, 2.75) is 19.4 Å². The van der Waals surface area contributed by atoms with Crippen LogP contribution in [0.1, 0.15) is 21.7 Å². The summed E-state index contributed by atoms with van der Waals surface area (Å²) < 4.78 is 7.09. The zero-order valence-corrected chi connectivity index (χ0v) is 14.0. The first kappa shape index (κ1) is 16.0. The van der Waals surface area contributed by atoms with Gasteiger partial charge in [0.05, 0.1) is 11.3 Å². The molecule has 7 heteroatoms. The summed E-state index contributed by atoms with van der Waals surface area (Å²) in [5.74, 6) is 0.430. The molecule has 0 spiro atoms. The smallest absolute Gasteiger partial charge is 0.339 e. The minimum absolute atomic E-state index is 0.341. The average molecular weight is 348 g/mol. The van der Waals surface area contributed by atoms with Crippen molar-refractivity contribution in [3.8, 4) is 5.82 Å². The number of hydrogen-bond acceptors (Lipinski definition) is 5. The largest absolute Gasteiger partial charge is 0.448 e. The monoisotopic (exact) mass is 348 g/mol. The van der Waals surface area contributed by atoms with Crippen LogP contribution in [-0.4, -0.2) is 32.5 Å². The fraction of sp³-hybridized carbons (Fsp3) is 0.158. The predicted octanol–water partition coefficient (Wildman–Crippen LogP) is 2.30. The summed E-state index contributed by atoms with van der Waals surface area (Å²) in [7, 11) is 0. The van der Waals surface area contributed by atoms with E-state index >= 15 is 0 Å². The van der Waals surface area contributed by atoms with E-state index in [0.717, 1.165) is 11.4 Å². The Bertz CT molecular complexity index is 996. The zero-order chi connectivity index (χ0) is 18.1. The number of nitrogens with one attached hydrogen (secondary N) is 1. The SMILES string of the molecule is Cc1nccn1-c1ncccc1NC(=O)[C@@H]1Cc2ccccc2C(=O)O1. The molecule has 1 amide bonds. The number of esters is 1. The van der Waals surface area contributed by atoms with Crippen LogP contribution in [-0.2, 0) is 16.0 Å². The normalized spacial score (nSPS) is 15.9. The molecule has 7 nitrogen and oxygen atoms in total. The second-order valence-corrected chi connectivity index (χ2v) is 5.96. The van der Waals surface area contributed by atoms with E-state index < -0.39 is 12.1 Å². The van der Waals surface area contributed by atoms with E-state index in [0.29, 0.717) is 23.5 Å². The van der Waals surface area contributed by atoms with Crippen LogP contribution in [0.2, 0.25) is 0 Å². The molecule has 26 heavy (non-hydrogen) atoms. The Hall–Kier alpha value is -3.48. The summed E-state index contributed by atoms with van der Waals surface area (Å²) in [6.45, 7) is 1.85. The van der Waals surface area contributed by atoms with Crippen LogP contribution in [0, 0.1) is 6.92 Å². The zero-order valence-electron chi connectivity index (χ0n) is 14.0. The number of aromatic nitrogens is 3. The van der Waals surface area contributed by atoms with Gasteiger partial charge in [0.1, 0.15) is 5.82 Å². The summed E-state index contributed by atoms with van der Waals surface area (Å²) in [6.07, 6.45) is 4.53. The Balaban J connectivity index is 1.59. The molecule has 0 unspecified atom stereocenters. The number of amides is 1. The van der Waals surface area contributed by atoms with Crippen molar-refractivity contribution < 1.29 is 14.3 Å². The molecule has 1 N–H and O–H groups in total. The van der Waals surface area contributed by atoms with Gasteiger partial charge in [0.2, 0.25) is 0 Å². The quantitative estimate of drug-likeness (QED) is 0.734. The van der Waals surface area contributed by atoms with Gasteiger partial charge in [-0.2, -0.15) is 0 Å². The number of anilines is 1. The molecule has 1 atom stereocenters. The Morgan fingerprint density at radius 3 is 2.85 bits per heavy atom. The Morgan fingerprint density at radius 1 is 1.19 bits per heavy atom. The maximum Gasteiger partial charge on any atom is 0.339 e. The van der Waals surface area contributed by atoms with Gasteiger partial charge in [0.25, 0.3) is 5.91 Å². The topological polar surface area (TPSA) is 86.1 Å². The maximum absolute atomic E-state index is 12.7. The third kappa shape index (κ3) is 2.83. The number of fused-ring (bicyclic) bond motifs is 1. The number of imidazole rings is 1. The second kappa shape index (κ2) is 6.44. The fourth-order valence-corrected chi connectivity index (χ4v) is 2.98. The van der Waals surface area contributed by atoms with Crippen molar-refractivity contribution in [1.82, 2.24) is 14.5 Å². The molecule has 0 saturated heterocycles. The van der Waals surface area contributed by atoms with Crippen LogP contribution in [0.5, 0.6) is 0 Å². The Labute approximate surface area is 149 Å². The first-order valence-corrected chi connectivity index (χ1v) is 8.18. The van der Waals surface area contributed by atoms with Crippen LogP contribution in [0.3, 0.4) is 0 Å². The fourth-order valence-electron chi connectivity index (χ4n) is 2.98. The molecule has 1 aliphatic rings. The van der Waals surface area contributed by atoms with E-state index in [2.05, 4.69) is 15.3 Å². The number of ether oxygens (including phenoxy) is 1. The van der Waals surface area contributed by atoms with Gasteiger partial charge < -0.3 is 10.1 Å². The summed E-state index contributed by atoms with van der Waals surface area (Å²) in [4.78, 5) is 33.3. The summed E-state index contributed by atoms with van der Waals surface area (Å²) >= 11 is 0. The Kier molecular flexibility index (Phi) is 3.96. The lowest BCUT2D eigenvalue weighted by molar-refractivity contribution is -0.125. The van der Waals surface area contributed by atoms with Crippen molar-refractivity contribution in [2.75, 3.05) is 5.32 Å². The minimum atomic E-state index is -0.880. The highest BCUT2D eigenvalue weighted by Gasteiger charge is 2.31. The number of benzene rings is 1. The Morgan fingerprint density at radius 2 is 2.04 bits per heavy atom. The first-order chi connectivity index (χ1) is 12.6. The van der Waals surface area contributed by atoms with Crippen molar-refractivity contribution in [1.29, 1.82) is 0 Å². The molecule has 3 heterocycles. The molecule has 130 valence electrons. The lowest BCUT2D eigenvalue weighted by Crippen LogP contribution is -2.38. The third-order valence-corrected chi connectivity index (χ3v) is 4.28. The number of carbonyl (C=O) groups excluding carboxylic acids is 2. The van der Waals surface area contributed by atoms with E-state index in [9.17, 15) is 9.59 Å². The van der Waals surface area contributed by atoms with Crippen LogP contribution in [0.4, 0.5) is 5.69 Å². The number of cyclic esters (lactones) is 1. The van der Waals surface area contributed by atoms with Gasteiger partial charge >= 0.3 is 5.97 Å². The van der Waals surface area contributed by atoms with E-state index in [1.807, 2.05) is 19.1 Å². The van der Waals surface area contributed by atoms with Gasteiger partial charge in [0, 0.05) is 25.0 Å². The molecule has 0 saturated carbocycles. The molecule has 0 aliphatic carbocycles. The number of hydrogen-bond donors (Lipinski definition) is 1. The van der Waals surface area contributed by atoms with Gasteiger partial charge in [-0.15, -0.1) is 0 Å². The second-order valence-electron chi connectivity index (χ2n) is 5.96. The van der Waals surface area contributed by atoms with Crippen LogP contribution < -0.4 is 5.32 Å². The van der Waals surface area contributed by atoms with Crippen molar-refractivity contribution in [3.05, 3.63) is 71.9 Å². The lowest BCUT2D eigenvalue weighted by Gasteiger charge is -2.24. The molecule has 0 radical (unpaired) electrons. The molecule has 4 rings (SSSR count). The summed E-state index contributed by atoms with van der Waals surface area (Å²) in [6, 6.07) is 10.6. The third-order valence-electron chi connectivity index (χ3n) is 4.28. The van der Waals surface area contributed by atoms with Crippen molar-refractivity contribution >= 4 is 17.6 Å². The number of aryl methyl sites for hydroxylation is 1. The molecule has 1 aliphatic heterocycles. The molecular formula is C19H16N4O3. The molecule has 1 aromatic carbocycles. The predicted molar refractivity (Wildman–Crippen MR) is 94.1 cm³/mol. The van der Waals surface area contributed by atoms with Gasteiger partial charge in [-0.05, 0) is 30.7 Å². The van der Waals surface area contributed by atoms with E-state index in [1.165, 1.54) is 0 Å². The molecule has 3 aromatic rings. The number of carbonyl (C=O) groups is 2. The van der Waals surface area contributed by atoms with Gasteiger partial charge in [-0.3, -0.25) is 9.36 Å². The number of pyridine rings is 1. The highest BCUT2D eigenvalue weighted by Crippen LogP contribution is 2.23. The van der Waals surface area contributed by atoms with Crippen molar-refractivity contribution in [2.24, 2.45) is 0 Å². The summed E-state index contributed by atoms with van der Waals surface area (Å²) in [5.41, 5.74) is 1.84. The number of rotatable bonds is 3. The van der Waals surface area contributed by atoms with E-state index in [1.54, 1.807) is 47.4 Å². The molecule has 0 bridgehead atoms. The highest BCUT2D eigenvalue weighted by molar-refractivity contribution is 6.00. The van der Waals surface area contributed by atoms with Gasteiger partial charge in [-0.1, -0.05) is 18.2 Å². The highest BCUT2D eigenvalue weighted by atomic mass is 16.5. The van der Waals surface area contributed by atoms with E-state index in [-0.39, 0.29) is 5.91 Å². The van der Waals surface area contributed by atoms with Crippen LogP contribution in [0.25, 0.3) is 5.82 Å². The molecule has 0 fully saturated rings. The maximum atomic E-state index is 12.7. The minimum Gasteiger partial charge on any atom is -0.448 e. The van der Waals surface area contributed by atoms with Gasteiger partial charge in [0.15, 0.2) is 11.9 Å². The molecule has 2 aromatic heterocycles. The number of nitrogens with zero attached hydrogens (tertiary/aromatic N) is 3. The first-order valence-electron chi connectivity index (χ1n) is 8.18. The summed E-state index contributed by atoms with van der Waals surface area (Å²) in [5, 5.41) is 2.82. The van der Waals surface area contributed by atoms with E-state index in [4.69, 9.17) is 4.74 Å². The average Bonchev–Trinajstić information content (AvgIpc) is 3.08. The molecular weight excluding hydrogens is 332 g/mol. The lowest BCUT2D eigenvalue weighted by atomic mass is 9.98.